The fraction of sp³-hybridized carbons (Fsp3) is 0.267. The molecule has 4 aromatic rings. The smallest absolute Gasteiger partial charge is 0.416 e. The number of pyridine rings is 1. The first-order valence-corrected chi connectivity index (χ1v) is 14.5. The number of fused-ring (bicyclic) bond motifs is 2. The maximum Gasteiger partial charge on any atom is 0.416 e. The van der Waals surface area contributed by atoms with Crippen molar-refractivity contribution in [2.75, 3.05) is 13.1 Å². The first-order chi connectivity index (χ1) is 19.4. The van der Waals surface area contributed by atoms with Crippen molar-refractivity contribution in [2.24, 2.45) is 0 Å². The van der Waals surface area contributed by atoms with Crippen LogP contribution in [0.4, 0.5) is 13.2 Å². The summed E-state index contributed by atoms with van der Waals surface area (Å²) in [5.41, 5.74) is -1.13. The van der Waals surface area contributed by atoms with Gasteiger partial charge in [0.2, 0.25) is 0 Å². The number of hydrogen-bond donors (Lipinski definition) is 1. The van der Waals surface area contributed by atoms with E-state index in [0.29, 0.717) is 17.4 Å². The molecule has 0 amide bonds. The van der Waals surface area contributed by atoms with Gasteiger partial charge < -0.3 is 5.11 Å². The Kier molecular flexibility index (Phi) is 7.52. The zero-order chi connectivity index (χ0) is 29.5. The molecule has 0 radical (unpaired) electrons. The van der Waals surface area contributed by atoms with E-state index in [2.05, 4.69) is 0 Å². The lowest BCUT2D eigenvalue weighted by molar-refractivity contribution is -0.141. The molecule has 1 aliphatic rings. The lowest BCUT2D eigenvalue weighted by atomic mass is 9.93. The van der Waals surface area contributed by atoms with E-state index in [0.717, 1.165) is 38.8 Å². The van der Waals surface area contributed by atoms with Crippen LogP contribution in [0.15, 0.2) is 82.6 Å². The average molecular weight is 585 g/mol. The van der Waals surface area contributed by atoms with Crippen LogP contribution < -0.4 is 5.56 Å². The molecule has 2 heterocycles. The van der Waals surface area contributed by atoms with E-state index in [-0.39, 0.29) is 29.7 Å². The highest BCUT2D eigenvalue weighted by molar-refractivity contribution is 7.89. The van der Waals surface area contributed by atoms with Crippen molar-refractivity contribution in [2.45, 2.75) is 43.4 Å². The summed E-state index contributed by atoms with van der Waals surface area (Å²) < 4.78 is 71.2. The van der Waals surface area contributed by atoms with Gasteiger partial charge >= 0.3 is 12.1 Å². The molecule has 7 nitrogen and oxygen atoms in total. The van der Waals surface area contributed by atoms with Crippen LogP contribution in [0.25, 0.3) is 21.9 Å². The maximum atomic E-state index is 14.1. The number of carboxylic acid groups (broad SMARTS) is 1. The van der Waals surface area contributed by atoms with Crippen molar-refractivity contribution < 1.29 is 31.5 Å². The van der Waals surface area contributed by atoms with Gasteiger partial charge in [0.05, 0.1) is 5.56 Å². The van der Waals surface area contributed by atoms with Crippen LogP contribution in [0.3, 0.4) is 0 Å². The Morgan fingerprint density at radius 3 is 2.41 bits per heavy atom. The van der Waals surface area contributed by atoms with Crippen molar-refractivity contribution in [3.8, 4) is 11.1 Å². The van der Waals surface area contributed by atoms with E-state index in [4.69, 9.17) is 0 Å². The molecule has 41 heavy (non-hydrogen) atoms. The number of carboxylic acids is 1. The molecule has 214 valence electrons. The molecule has 1 N–H and O–H groups in total. The van der Waals surface area contributed by atoms with Gasteiger partial charge in [-0.15, -0.1) is 0 Å². The molecule has 0 spiro atoms. The maximum absolute atomic E-state index is 14.1. The highest BCUT2D eigenvalue weighted by Gasteiger charge is 2.43. The van der Waals surface area contributed by atoms with Gasteiger partial charge in [-0.2, -0.15) is 17.5 Å². The molecule has 11 heteroatoms. The van der Waals surface area contributed by atoms with Crippen LogP contribution in [0.5, 0.6) is 0 Å². The third-order valence-electron chi connectivity index (χ3n) is 7.35. The first kappa shape index (κ1) is 28.6. The lowest BCUT2D eigenvalue weighted by Gasteiger charge is -2.35. The van der Waals surface area contributed by atoms with E-state index in [1.54, 1.807) is 12.1 Å². The van der Waals surface area contributed by atoms with E-state index >= 15 is 0 Å². The van der Waals surface area contributed by atoms with Crippen molar-refractivity contribution in [1.29, 1.82) is 0 Å². The number of unbranched alkanes of at least 4 members (excludes halogenated alkanes) is 1. The normalized spacial score (nSPS) is 16.9. The predicted molar refractivity (Wildman–Crippen MR) is 148 cm³/mol. The molecule has 0 bridgehead atoms. The minimum Gasteiger partial charge on any atom is -0.480 e. The van der Waals surface area contributed by atoms with Crippen molar-refractivity contribution >= 4 is 26.8 Å². The molecule has 1 aliphatic heterocycles. The van der Waals surface area contributed by atoms with E-state index in [1.165, 1.54) is 12.1 Å². The highest BCUT2D eigenvalue weighted by atomic mass is 32.2. The third kappa shape index (κ3) is 5.27. The molecule has 0 aliphatic carbocycles. The molecule has 1 atom stereocenters. The largest absolute Gasteiger partial charge is 0.480 e. The second-order valence-corrected chi connectivity index (χ2v) is 11.9. The summed E-state index contributed by atoms with van der Waals surface area (Å²) in [4.78, 5) is 25.8. The molecule has 1 aromatic heterocycles. The standard InChI is InChI=1S/C30H27F3N2O5S/c1-2-3-14-34-18-25(29(37)38)35-26(36)17-22(15-20-10-6-9-19-8-4-5-13-24(19)20)27(28(35)41(34,39)40)21-11-7-12-23(16-21)30(31,32)33/h4-13,16-17,25H,2-3,14-15,18H2,1H3,(H,37,38). The minimum absolute atomic E-state index is 0.00633. The summed E-state index contributed by atoms with van der Waals surface area (Å²) >= 11 is 0. The van der Waals surface area contributed by atoms with Crippen LogP contribution in [0.1, 0.15) is 42.5 Å². The number of halogens is 3. The quantitative estimate of drug-likeness (QED) is 0.300. The summed E-state index contributed by atoms with van der Waals surface area (Å²) in [6.07, 6.45) is -3.63. The summed E-state index contributed by atoms with van der Waals surface area (Å²) in [5.74, 6) is -1.42. The van der Waals surface area contributed by atoms with Crippen LogP contribution >= 0.6 is 0 Å². The Labute approximate surface area is 234 Å². The van der Waals surface area contributed by atoms with Gasteiger partial charge in [-0.05, 0) is 52.4 Å². The summed E-state index contributed by atoms with van der Waals surface area (Å²) in [6, 6.07) is 16.8. The SMILES string of the molecule is CCCCN1CC(C(=O)O)n2c(c(-c3cccc(C(F)(F)F)c3)c(Cc3cccc4ccccc34)cc2=O)S1(=O)=O. The number of alkyl halides is 3. The molecule has 5 rings (SSSR count). The third-order valence-corrected chi connectivity index (χ3v) is 9.25. The van der Waals surface area contributed by atoms with E-state index in [1.807, 2.05) is 37.3 Å². The van der Waals surface area contributed by atoms with Gasteiger partial charge in [-0.25, -0.2) is 13.2 Å². The number of benzene rings is 3. The molecule has 0 saturated carbocycles. The van der Waals surface area contributed by atoms with Gasteiger partial charge in [0.15, 0.2) is 5.03 Å². The molecular weight excluding hydrogens is 557 g/mol. The van der Waals surface area contributed by atoms with E-state index in [9.17, 15) is 36.3 Å². The Morgan fingerprint density at radius 2 is 1.71 bits per heavy atom. The molecule has 0 saturated heterocycles. The lowest BCUT2D eigenvalue weighted by Crippen LogP contribution is -2.49. The average Bonchev–Trinajstić information content (AvgIpc) is 2.92. The molecule has 1 unspecified atom stereocenters. The van der Waals surface area contributed by atoms with Crippen LogP contribution in [-0.2, 0) is 27.4 Å². The topological polar surface area (TPSA) is 96.7 Å². The second-order valence-electron chi connectivity index (χ2n) is 10.0. The van der Waals surface area contributed by atoms with Gasteiger partial charge in [0, 0.05) is 24.7 Å². The van der Waals surface area contributed by atoms with Crippen LogP contribution in [0.2, 0.25) is 0 Å². The number of carbonyl (C=O) groups is 1. The Balaban J connectivity index is 1.86. The molecular formula is C30H27F3N2O5S. The van der Waals surface area contributed by atoms with Gasteiger partial charge in [-0.1, -0.05) is 67.9 Å². The van der Waals surface area contributed by atoms with Crippen molar-refractivity contribution in [1.82, 2.24) is 8.87 Å². The first-order valence-electron chi connectivity index (χ1n) is 13.1. The number of rotatable bonds is 7. The van der Waals surface area contributed by atoms with Crippen molar-refractivity contribution in [3.63, 3.8) is 0 Å². The summed E-state index contributed by atoms with van der Waals surface area (Å²) in [6.45, 7) is 1.39. The second kappa shape index (κ2) is 10.8. The number of hydrogen-bond acceptors (Lipinski definition) is 4. The fourth-order valence-electron chi connectivity index (χ4n) is 5.38. The highest BCUT2D eigenvalue weighted by Crippen LogP contribution is 2.40. The fourth-order valence-corrected chi connectivity index (χ4v) is 7.30. The van der Waals surface area contributed by atoms with Gasteiger partial charge in [0.1, 0.15) is 6.04 Å². The molecule has 0 fully saturated rings. The summed E-state index contributed by atoms with van der Waals surface area (Å²) in [7, 11) is -4.48. The Bertz CT molecular complexity index is 1810. The number of aromatic nitrogens is 1. The zero-order valence-electron chi connectivity index (χ0n) is 22.1. The van der Waals surface area contributed by atoms with E-state index < -0.39 is 50.9 Å². The number of nitrogens with zero attached hydrogens (tertiary/aromatic N) is 2. The zero-order valence-corrected chi connectivity index (χ0v) is 22.9. The minimum atomic E-state index is -4.72. The monoisotopic (exact) mass is 584 g/mol. The van der Waals surface area contributed by atoms with Crippen LogP contribution in [0, 0.1) is 0 Å². The predicted octanol–water partition coefficient (Wildman–Crippen LogP) is 5.71. The number of aliphatic carboxylic acids is 1. The van der Waals surface area contributed by atoms with Gasteiger partial charge in [-0.3, -0.25) is 9.36 Å². The van der Waals surface area contributed by atoms with Crippen LogP contribution in [-0.4, -0.2) is 41.5 Å². The van der Waals surface area contributed by atoms with Gasteiger partial charge in [0.25, 0.3) is 15.6 Å². The molecule has 3 aromatic carbocycles. The Hall–Kier alpha value is -3.96. The Morgan fingerprint density at radius 1 is 1.00 bits per heavy atom. The van der Waals surface area contributed by atoms with Crippen molar-refractivity contribution in [3.05, 3.63) is 99.8 Å². The number of sulfonamides is 1. The summed E-state index contributed by atoms with van der Waals surface area (Å²) in [5, 5.41) is 11.2.